The summed E-state index contributed by atoms with van der Waals surface area (Å²) in [6, 6.07) is 2.60. The summed E-state index contributed by atoms with van der Waals surface area (Å²) >= 11 is 0. The molecule has 2 N–H and O–H groups in total. The summed E-state index contributed by atoms with van der Waals surface area (Å²) in [5, 5.41) is 0. The minimum Gasteiger partial charge on any atom is -0.381 e. The van der Waals surface area contributed by atoms with Crippen molar-refractivity contribution in [2.75, 3.05) is 31.7 Å². The average molecular weight is 270 g/mol. The van der Waals surface area contributed by atoms with Crippen LogP contribution in [0.25, 0.3) is 0 Å². The van der Waals surface area contributed by atoms with E-state index in [1.807, 2.05) is 0 Å². The molecule has 1 aliphatic heterocycles. The number of hydrogen-bond donors (Lipinski definition) is 1. The van der Waals surface area contributed by atoms with Crippen LogP contribution in [0.2, 0.25) is 0 Å². The van der Waals surface area contributed by atoms with Crippen molar-refractivity contribution in [1.82, 2.24) is 0 Å². The lowest BCUT2D eigenvalue weighted by atomic mass is 10.0. The molecule has 1 fully saturated rings. The van der Waals surface area contributed by atoms with Crippen LogP contribution < -0.4 is 10.6 Å². The molecular formula is C14H20F2N2O. The fourth-order valence-corrected chi connectivity index (χ4v) is 2.53. The van der Waals surface area contributed by atoms with Crippen LogP contribution in [-0.2, 0) is 11.3 Å². The molecule has 19 heavy (non-hydrogen) atoms. The summed E-state index contributed by atoms with van der Waals surface area (Å²) in [6.07, 6.45) is 2.05. The predicted molar refractivity (Wildman–Crippen MR) is 71.1 cm³/mol. The lowest BCUT2D eigenvalue weighted by Gasteiger charge is -2.29. The van der Waals surface area contributed by atoms with E-state index >= 15 is 0 Å². The minimum absolute atomic E-state index is 0.0165. The molecular weight excluding hydrogens is 250 g/mol. The van der Waals surface area contributed by atoms with E-state index in [-0.39, 0.29) is 12.2 Å². The van der Waals surface area contributed by atoms with Gasteiger partial charge in [0.15, 0.2) is 0 Å². The second kappa shape index (κ2) is 6.30. The number of nitrogens with zero attached hydrogens (tertiary/aromatic N) is 1. The Balaban J connectivity index is 2.11. The average Bonchev–Trinajstić information content (AvgIpc) is 2.38. The smallest absolute Gasteiger partial charge is 0.149 e. The fourth-order valence-electron chi connectivity index (χ4n) is 2.53. The first kappa shape index (κ1) is 14.2. The zero-order chi connectivity index (χ0) is 13.8. The highest BCUT2D eigenvalue weighted by Gasteiger charge is 2.20. The Hall–Kier alpha value is -1.20. The minimum atomic E-state index is -0.556. The van der Waals surface area contributed by atoms with Crippen LogP contribution in [0, 0.1) is 17.6 Å². The number of anilines is 1. The monoisotopic (exact) mass is 270 g/mol. The van der Waals surface area contributed by atoms with Crippen LogP contribution >= 0.6 is 0 Å². The van der Waals surface area contributed by atoms with Gasteiger partial charge in [0, 0.05) is 26.7 Å². The zero-order valence-corrected chi connectivity index (χ0v) is 11.2. The first-order chi connectivity index (χ1) is 9.11. The second-order valence-corrected chi connectivity index (χ2v) is 5.08. The number of halogens is 2. The van der Waals surface area contributed by atoms with Crippen molar-refractivity contribution in [3.8, 4) is 0 Å². The molecule has 1 saturated heterocycles. The van der Waals surface area contributed by atoms with E-state index in [0.29, 0.717) is 24.6 Å². The Morgan fingerprint density at radius 1 is 1.37 bits per heavy atom. The van der Waals surface area contributed by atoms with E-state index in [1.165, 1.54) is 12.1 Å². The predicted octanol–water partition coefficient (Wildman–Crippen LogP) is 2.29. The molecule has 1 aliphatic rings. The van der Waals surface area contributed by atoms with E-state index in [9.17, 15) is 8.78 Å². The Morgan fingerprint density at radius 2 is 2.05 bits per heavy atom. The lowest BCUT2D eigenvalue weighted by molar-refractivity contribution is 0.0575. The van der Waals surface area contributed by atoms with Crippen LogP contribution in [-0.4, -0.2) is 26.8 Å². The summed E-state index contributed by atoms with van der Waals surface area (Å²) in [4.78, 5) is 1.63. The van der Waals surface area contributed by atoms with Gasteiger partial charge < -0.3 is 15.4 Å². The van der Waals surface area contributed by atoms with Crippen molar-refractivity contribution in [3.05, 3.63) is 29.3 Å². The molecule has 0 aromatic heterocycles. The molecule has 0 saturated carbocycles. The van der Waals surface area contributed by atoms with Gasteiger partial charge in [-0.1, -0.05) is 0 Å². The van der Waals surface area contributed by atoms with Gasteiger partial charge in [0.25, 0.3) is 0 Å². The molecule has 3 nitrogen and oxygen atoms in total. The maximum atomic E-state index is 13.9. The van der Waals surface area contributed by atoms with Gasteiger partial charge >= 0.3 is 0 Å². The van der Waals surface area contributed by atoms with Crippen molar-refractivity contribution >= 4 is 5.69 Å². The van der Waals surface area contributed by atoms with Gasteiger partial charge in [-0.25, -0.2) is 8.78 Å². The molecule has 0 bridgehead atoms. The van der Waals surface area contributed by atoms with Crippen molar-refractivity contribution in [1.29, 1.82) is 0 Å². The maximum absolute atomic E-state index is 13.9. The third kappa shape index (κ3) is 3.42. The normalized spacial score (nSPS) is 19.5. The van der Waals surface area contributed by atoms with Crippen LogP contribution in [0.4, 0.5) is 14.5 Å². The van der Waals surface area contributed by atoms with Gasteiger partial charge in [0.2, 0.25) is 0 Å². The summed E-state index contributed by atoms with van der Waals surface area (Å²) in [5.74, 6) is -0.786. The number of rotatable bonds is 4. The summed E-state index contributed by atoms with van der Waals surface area (Å²) in [5.41, 5.74) is 5.88. The number of ether oxygens (including phenoxy) is 1. The Morgan fingerprint density at radius 3 is 2.58 bits per heavy atom. The third-order valence-electron chi connectivity index (χ3n) is 3.48. The SMILES string of the molecule is CN(CC1CCCOC1)c1c(F)cc(CN)cc1F. The lowest BCUT2D eigenvalue weighted by Crippen LogP contribution is -2.32. The van der Waals surface area contributed by atoms with Gasteiger partial charge in [-0.2, -0.15) is 0 Å². The molecule has 1 heterocycles. The summed E-state index contributed by atoms with van der Waals surface area (Å²) < 4.78 is 33.3. The number of benzene rings is 1. The standard InChI is InChI=1S/C14H20F2N2O/c1-18(8-10-3-2-4-19-9-10)14-12(15)5-11(7-17)6-13(14)16/h5-6,10H,2-4,7-9,17H2,1H3. The molecule has 1 aromatic carbocycles. The van der Waals surface area contributed by atoms with Gasteiger partial charge in [-0.3, -0.25) is 0 Å². The molecule has 2 rings (SSSR count). The Bertz CT molecular complexity index is 410. The van der Waals surface area contributed by atoms with Crippen LogP contribution in [0.3, 0.4) is 0 Å². The molecule has 0 amide bonds. The van der Waals surface area contributed by atoms with Crippen molar-refractivity contribution in [2.45, 2.75) is 19.4 Å². The molecule has 1 unspecified atom stereocenters. The first-order valence-corrected chi connectivity index (χ1v) is 6.58. The first-order valence-electron chi connectivity index (χ1n) is 6.58. The van der Waals surface area contributed by atoms with Gasteiger partial charge in [-0.05, 0) is 36.5 Å². The van der Waals surface area contributed by atoms with Crippen LogP contribution in [0.5, 0.6) is 0 Å². The molecule has 106 valence electrons. The van der Waals surface area contributed by atoms with E-state index in [0.717, 1.165) is 19.4 Å². The largest absolute Gasteiger partial charge is 0.381 e. The number of hydrogen-bond acceptors (Lipinski definition) is 3. The molecule has 0 spiro atoms. The van der Waals surface area contributed by atoms with Crippen LogP contribution in [0.1, 0.15) is 18.4 Å². The fraction of sp³-hybridized carbons (Fsp3) is 0.571. The zero-order valence-electron chi connectivity index (χ0n) is 11.2. The molecule has 1 aromatic rings. The molecule has 1 atom stereocenters. The van der Waals surface area contributed by atoms with Gasteiger partial charge in [0.05, 0.1) is 6.61 Å². The van der Waals surface area contributed by atoms with E-state index in [2.05, 4.69) is 0 Å². The molecule has 0 radical (unpaired) electrons. The highest BCUT2D eigenvalue weighted by molar-refractivity contribution is 5.50. The number of nitrogens with two attached hydrogens (primary N) is 1. The summed E-state index contributed by atoms with van der Waals surface area (Å²) in [6.45, 7) is 2.17. The highest BCUT2D eigenvalue weighted by atomic mass is 19.1. The maximum Gasteiger partial charge on any atom is 0.149 e. The van der Waals surface area contributed by atoms with Gasteiger partial charge in [-0.15, -0.1) is 0 Å². The van der Waals surface area contributed by atoms with Crippen molar-refractivity contribution in [2.24, 2.45) is 11.7 Å². The highest BCUT2D eigenvalue weighted by Crippen LogP contribution is 2.26. The van der Waals surface area contributed by atoms with E-state index in [1.54, 1.807) is 11.9 Å². The van der Waals surface area contributed by atoms with Crippen LogP contribution in [0.15, 0.2) is 12.1 Å². The molecule has 0 aliphatic carbocycles. The third-order valence-corrected chi connectivity index (χ3v) is 3.48. The van der Waals surface area contributed by atoms with Crippen molar-refractivity contribution in [3.63, 3.8) is 0 Å². The van der Waals surface area contributed by atoms with Crippen molar-refractivity contribution < 1.29 is 13.5 Å². The molecule has 5 heteroatoms. The van der Waals surface area contributed by atoms with E-state index in [4.69, 9.17) is 10.5 Å². The Labute approximate surface area is 112 Å². The Kier molecular flexibility index (Phi) is 4.71. The topological polar surface area (TPSA) is 38.5 Å². The van der Waals surface area contributed by atoms with E-state index < -0.39 is 11.6 Å². The summed E-state index contributed by atoms with van der Waals surface area (Å²) in [7, 11) is 1.71. The second-order valence-electron chi connectivity index (χ2n) is 5.08. The van der Waals surface area contributed by atoms with Gasteiger partial charge in [0.1, 0.15) is 17.3 Å². The quantitative estimate of drug-likeness (QED) is 0.912.